The number of carbonyl (C=O) groups excluding carboxylic acids is 2. The van der Waals surface area contributed by atoms with Crippen molar-refractivity contribution < 1.29 is 14.3 Å². The van der Waals surface area contributed by atoms with Gasteiger partial charge in [-0.05, 0) is 31.5 Å². The third-order valence-electron chi connectivity index (χ3n) is 4.49. The molecule has 152 valence electrons. The summed E-state index contributed by atoms with van der Waals surface area (Å²) in [6.45, 7) is 3.75. The minimum atomic E-state index is -0.636. The Balaban J connectivity index is 1.90. The van der Waals surface area contributed by atoms with Crippen LogP contribution in [0.25, 0.3) is 16.9 Å². The third-order valence-corrected chi connectivity index (χ3v) is 4.49. The van der Waals surface area contributed by atoms with E-state index in [-0.39, 0.29) is 18.5 Å². The lowest BCUT2D eigenvalue weighted by Gasteiger charge is -2.08. The van der Waals surface area contributed by atoms with Gasteiger partial charge in [0.2, 0.25) is 0 Å². The molecule has 30 heavy (non-hydrogen) atoms. The lowest BCUT2D eigenvalue weighted by atomic mass is 10.0. The van der Waals surface area contributed by atoms with E-state index in [2.05, 4.69) is 10.4 Å². The van der Waals surface area contributed by atoms with Gasteiger partial charge in [-0.1, -0.05) is 42.0 Å². The van der Waals surface area contributed by atoms with E-state index in [1.54, 1.807) is 10.9 Å². The number of para-hydroxylation sites is 1. The van der Waals surface area contributed by atoms with E-state index in [0.29, 0.717) is 5.69 Å². The molecule has 1 amide bonds. The fraction of sp³-hybridized carbons (Fsp3) is 0.217. The maximum atomic E-state index is 12.8. The topological polar surface area (TPSA) is 97.0 Å². The van der Waals surface area contributed by atoms with Crippen molar-refractivity contribution in [1.82, 2.24) is 15.1 Å². The number of esters is 1. The molecule has 0 atom stereocenters. The van der Waals surface area contributed by atoms with Crippen LogP contribution in [0.4, 0.5) is 0 Å². The molecular formula is C23H22N4O3. The number of hydrogen-bond donors (Lipinski definition) is 1. The number of nitriles is 1. The number of hydrogen-bond acceptors (Lipinski definition) is 5. The molecule has 0 aliphatic rings. The Morgan fingerprint density at radius 3 is 2.63 bits per heavy atom. The summed E-state index contributed by atoms with van der Waals surface area (Å²) in [7, 11) is 0. The highest BCUT2D eigenvalue weighted by Crippen LogP contribution is 2.28. The first kappa shape index (κ1) is 20.8. The Hall–Kier alpha value is -3.92. The highest BCUT2D eigenvalue weighted by molar-refractivity contribution is 5.97. The zero-order valence-electron chi connectivity index (χ0n) is 16.9. The molecule has 0 spiro atoms. The van der Waals surface area contributed by atoms with E-state index in [1.807, 2.05) is 68.4 Å². The number of amides is 1. The van der Waals surface area contributed by atoms with Crippen LogP contribution >= 0.6 is 0 Å². The first-order chi connectivity index (χ1) is 14.5. The second kappa shape index (κ2) is 9.52. The van der Waals surface area contributed by atoms with Crippen molar-refractivity contribution in [1.29, 1.82) is 5.26 Å². The summed E-state index contributed by atoms with van der Waals surface area (Å²) in [6.07, 6.45) is 1.81. The Kier molecular flexibility index (Phi) is 6.60. The van der Waals surface area contributed by atoms with Crippen LogP contribution in [0.2, 0.25) is 0 Å². The summed E-state index contributed by atoms with van der Waals surface area (Å²) in [6, 6.07) is 17.3. The van der Waals surface area contributed by atoms with Crippen LogP contribution in [0.15, 0.2) is 54.7 Å². The molecule has 0 fully saturated rings. The van der Waals surface area contributed by atoms with Crippen molar-refractivity contribution >= 4 is 11.9 Å². The molecule has 7 heteroatoms. The van der Waals surface area contributed by atoms with Crippen LogP contribution in [-0.2, 0) is 9.53 Å². The minimum absolute atomic E-state index is 0.195. The number of benzene rings is 2. The molecule has 0 aliphatic heterocycles. The summed E-state index contributed by atoms with van der Waals surface area (Å²) in [4.78, 5) is 24.6. The molecule has 3 rings (SSSR count). The summed E-state index contributed by atoms with van der Waals surface area (Å²) in [5.74, 6) is -1.09. The highest BCUT2D eigenvalue weighted by atomic mass is 16.5. The molecule has 1 aromatic heterocycles. The standard InChI is InChI=1S/C23H22N4O3/c1-16-9-10-19(17(2)13-16)22-20(14-27(26-22)18-7-4-3-5-8-18)23(29)30-15-21(28)25-12-6-11-24/h3-5,7-10,13-14H,6,12,15H2,1-2H3,(H,25,28). The van der Waals surface area contributed by atoms with Gasteiger partial charge in [0.25, 0.3) is 5.91 Å². The Bertz CT molecular complexity index is 1100. The van der Waals surface area contributed by atoms with Gasteiger partial charge in [0.05, 0.1) is 18.2 Å². The van der Waals surface area contributed by atoms with E-state index in [0.717, 1.165) is 22.4 Å². The number of carbonyl (C=O) groups is 2. The van der Waals surface area contributed by atoms with Crippen LogP contribution in [0, 0.1) is 25.2 Å². The van der Waals surface area contributed by atoms with Crippen molar-refractivity contribution in [3.63, 3.8) is 0 Å². The van der Waals surface area contributed by atoms with Crippen molar-refractivity contribution in [3.05, 3.63) is 71.4 Å². The van der Waals surface area contributed by atoms with Crippen LogP contribution in [0.1, 0.15) is 27.9 Å². The number of ether oxygens (including phenoxy) is 1. The zero-order chi connectivity index (χ0) is 21.5. The highest BCUT2D eigenvalue weighted by Gasteiger charge is 2.22. The van der Waals surface area contributed by atoms with Crippen molar-refractivity contribution in [2.45, 2.75) is 20.3 Å². The molecule has 2 aromatic carbocycles. The number of rotatable bonds is 7. The third kappa shape index (κ3) is 4.92. The molecule has 0 unspecified atom stereocenters. The van der Waals surface area contributed by atoms with E-state index >= 15 is 0 Å². The van der Waals surface area contributed by atoms with Gasteiger partial charge in [0, 0.05) is 18.3 Å². The van der Waals surface area contributed by atoms with Crippen LogP contribution in [-0.4, -0.2) is 34.8 Å². The molecule has 0 bridgehead atoms. The fourth-order valence-electron chi connectivity index (χ4n) is 3.03. The van der Waals surface area contributed by atoms with E-state index in [1.165, 1.54) is 0 Å². The lowest BCUT2D eigenvalue weighted by molar-refractivity contribution is -0.124. The minimum Gasteiger partial charge on any atom is -0.452 e. The Morgan fingerprint density at radius 1 is 1.17 bits per heavy atom. The predicted molar refractivity (Wildman–Crippen MR) is 112 cm³/mol. The van der Waals surface area contributed by atoms with Gasteiger partial charge in [-0.15, -0.1) is 0 Å². The van der Waals surface area contributed by atoms with Gasteiger partial charge < -0.3 is 10.1 Å². The average molecular weight is 402 g/mol. The summed E-state index contributed by atoms with van der Waals surface area (Å²) in [5.41, 5.74) is 4.48. The first-order valence-corrected chi connectivity index (χ1v) is 9.53. The van der Waals surface area contributed by atoms with Gasteiger partial charge in [-0.3, -0.25) is 4.79 Å². The van der Waals surface area contributed by atoms with Crippen LogP contribution < -0.4 is 5.32 Å². The number of aromatic nitrogens is 2. The molecular weight excluding hydrogens is 380 g/mol. The maximum Gasteiger partial charge on any atom is 0.342 e. The lowest BCUT2D eigenvalue weighted by Crippen LogP contribution is -2.29. The average Bonchev–Trinajstić information content (AvgIpc) is 3.18. The normalized spacial score (nSPS) is 10.3. The van der Waals surface area contributed by atoms with Crippen molar-refractivity contribution in [2.24, 2.45) is 0 Å². The summed E-state index contributed by atoms with van der Waals surface area (Å²) < 4.78 is 6.83. The second-order valence-electron chi connectivity index (χ2n) is 6.82. The summed E-state index contributed by atoms with van der Waals surface area (Å²) >= 11 is 0. The maximum absolute atomic E-state index is 12.8. The predicted octanol–water partition coefficient (Wildman–Crippen LogP) is 3.34. The molecule has 3 aromatic rings. The first-order valence-electron chi connectivity index (χ1n) is 9.53. The number of nitrogens with zero attached hydrogens (tertiary/aromatic N) is 3. The zero-order valence-corrected chi connectivity index (χ0v) is 16.9. The smallest absolute Gasteiger partial charge is 0.342 e. The summed E-state index contributed by atoms with van der Waals surface area (Å²) in [5, 5.41) is 15.7. The largest absolute Gasteiger partial charge is 0.452 e. The van der Waals surface area contributed by atoms with Crippen molar-refractivity contribution in [3.8, 4) is 23.0 Å². The van der Waals surface area contributed by atoms with E-state index < -0.39 is 18.5 Å². The van der Waals surface area contributed by atoms with Gasteiger partial charge in [0.15, 0.2) is 6.61 Å². The van der Waals surface area contributed by atoms with E-state index in [9.17, 15) is 9.59 Å². The van der Waals surface area contributed by atoms with Crippen LogP contribution in [0.5, 0.6) is 0 Å². The molecule has 0 radical (unpaired) electrons. The molecule has 7 nitrogen and oxygen atoms in total. The van der Waals surface area contributed by atoms with Gasteiger partial charge in [-0.2, -0.15) is 10.4 Å². The Morgan fingerprint density at radius 2 is 1.93 bits per heavy atom. The monoisotopic (exact) mass is 402 g/mol. The van der Waals surface area contributed by atoms with Crippen molar-refractivity contribution in [2.75, 3.05) is 13.2 Å². The Labute approximate surface area is 174 Å². The van der Waals surface area contributed by atoms with E-state index in [4.69, 9.17) is 10.00 Å². The molecule has 0 aliphatic carbocycles. The quantitative estimate of drug-likeness (QED) is 0.483. The number of nitrogens with one attached hydrogen (secondary N) is 1. The second-order valence-corrected chi connectivity index (χ2v) is 6.82. The fourth-order valence-corrected chi connectivity index (χ4v) is 3.03. The van der Waals surface area contributed by atoms with Gasteiger partial charge >= 0.3 is 5.97 Å². The number of aryl methyl sites for hydroxylation is 2. The molecule has 0 saturated heterocycles. The van der Waals surface area contributed by atoms with Gasteiger partial charge in [-0.25, -0.2) is 9.48 Å². The SMILES string of the molecule is Cc1ccc(-c2nn(-c3ccccc3)cc2C(=O)OCC(=O)NCCC#N)c(C)c1. The molecule has 1 heterocycles. The van der Waals surface area contributed by atoms with Gasteiger partial charge in [0.1, 0.15) is 11.3 Å². The molecule has 0 saturated carbocycles. The molecule has 1 N–H and O–H groups in total. The van der Waals surface area contributed by atoms with Crippen LogP contribution in [0.3, 0.4) is 0 Å².